The Morgan fingerprint density at radius 3 is 2.29 bits per heavy atom. The number of aliphatic hydroxyl groups is 1. The first-order chi connectivity index (χ1) is 13.2. The molecule has 2 heterocycles. The number of aliphatic hydroxyl groups excluding tert-OH is 1. The summed E-state index contributed by atoms with van der Waals surface area (Å²) >= 11 is 0. The Morgan fingerprint density at radius 2 is 1.79 bits per heavy atom. The van der Waals surface area contributed by atoms with E-state index < -0.39 is 7.82 Å². The molecular formula is C20H32O7P-. The van der Waals surface area contributed by atoms with Crippen LogP contribution < -0.4 is 4.89 Å². The summed E-state index contributed by atoms with van der Waals surface area (Å²) in [5.74, 6) is 5.41. The molecule has 1 N–H and O–H groups in total. The Labute approximate surface area is 168 Å². The minimum Gasteiger partial charge on any atom is -0.756 e. The second kappa shape index (κ2) is 12.6. The molecule has 0 saturated carbocycles. The maximum Gasteiger partial charge on any atom is 0.268 e. The van der Waals surface area contributed by atoms with Crippen LogP contribution in [0.15, 0.2) is 0 Å². The zero-order chi connectivity index (χ0) is 21.2. The molecule has 0 aromatic carbocycles. The van der Waals surface area contributed by atoms with Gasteiger partial charge in [-0.25, -0.2) is 0 Å². The lowest BCUT2D eigenvalue weighted by molar-refractivity contribution is -0.226. The summed E-state index contributed by atoms with van der Waals surface area (Å²) in [5, 5.41) is 8.91. The summed E-state index contributed by atoms with van der Waals surface area (Å²) < 4.78 is 31.3. The van der Waals surface area contributed by atoms with Gasteiger partial charge in [-0.15, -0.1) is 18.8 Å². The van der Waals surface area contributed by atoms with Crippen LogP contribution in [-0.4, -0.2) is 49.3 Å². The fourth-order valence-electron chi connectivity index (χ4n) is 3.34. The highest BCUT2D eigenvalue weighted by molar-refractivity contribution is 7.45. The van der Waals surface area contributed by atoms with Crippen molar-refractivity contribution < 1.29 is 33.1 Å². The second-order valence-corrected chi connectivity index (χ2v) is 8.76. The number of hydrogen-bond acceptors (Lipinski definition) is 7. The topological polar surface area (TPSA) is 97.3 Å². The zero-order valence-corrected chi connectivity index (χ0v) is 17.8. The average molecular weight is 415 g/mol. The molecule has 2 fully saturated rings. The van der Waals surface area contributed by atoms with E-state index in [4.69, 9.17) is 32.0 Å². The second-order valence-electron chi connectivity index (χ2n) is 7.35. The molecule has 8 heteroatoms. The monoisotopic (exact) mass is 415 g/mol. The summed E-state index contributed by atoms with van der Waals surface area (Å²) in [6.07, 6.45) is 13.9. The molecule has 7 atom stereocenters. The van der Waals surface area contributed by atoms with Crippen molar-refractivity contribution in [2.75, 3.05) is 19.8 Å². The first kappa shape index (κ1) is 25.1. The third-order valence-corrected chi connectivity index (χ3v) is 5.79. The van der Waals surface area contributed by atoms with Gasteiger partial charge in [0, 0.05) is 6.42 Å². The lowest BCUT2D eigenvalue weighted by Crippen LogP contribution is -2.22. The molecular weight excluding hydrogens is 383 g/mol. The molecule has 28 heavy (non-hydrogen) atoms. The Balaban J connectivity index is 0.000000292. The number of phosphoric acid groups is 1. The Morgan fingerprint density at radius 1 is 1.11 bits per heavy atom. The fraction of sp³-hybridized carbons (Fsp3) is 0.800. The van der Waals surface area contributed by atoms with Crippen LogP contribution in [0.2, 0.25) is 0 Å². The van der Waals surface area contributed by atoms with Crippen molar-refractivity contribution >= 4 is 7.82 Å². The molecule has 3 unspecified atom stereocenters. The molecule has 0 bridgehead atoms. The maximum absolute atomic E-state index is 11.2. The quantitative estimate of drug-likeness (QED) is 0.479. The minimum atomic E-state index is -4.28. The van der Waals surface area contributed by atoms with E-state index in [2.05, 4.69) is 23.3 Å². The fourth-order valence-corrected chi connectivity index (χ4v) is 3.98. The molecule has 7 nitrogen and oxygen atoms in total. The van der Waals surface area contributed by atoms with E-state index in [9.17, 15) is 9.46 Å². The standard InChI is InChI=1S/C10H17O5P.C10H16O2/c1-4-5-13-16(11,12)14-7-10-8(2)6-9(3)15-10;1-3-4-5-9-6-8(2)10(7-11)12-9/h1,8-10H,5-7H2,2-3H3,(H,11,12);1,8-11H,4-7H2,2H3/p-1/t2*8?,9-,10+/m00/s1. The largest absolute Gasteiger partial charge is 0.756 e. The molecule has 2 saturated heterocycles. The highest BCUT2D eigenvalue weighted by atomic mass is 31.2. The average Bonchev–Trinajstić information content (AvgIpc) is 3.17. The highest BCUT2D eigenvalue weighted by Gasteiger charge is 2.31. The zero-order valence-electron chi connectivity index (χ0n) is 16.9. The van der Waals surface area contributed by atoms with Gasteiger partial charge in [0.2, 0.25) is 0 Å². The molecule has 2 aliphatic heterocycles. The number of hydrogen-bond donors (Lipinski definition) is 1. The van der Waals surface area contributed by atoms with E-state index in [1.165, 1.54) is 0 Å². The number of rotatable bonds is 8. The van der Waals surface area contributed by atoms with Crippen molar-refractivity contribution in [3.8, 4) is 24.7 Å². The Kier molecular flexibility index (Phi) is 11.3. The van der Waals surface area contributed by atoms with Crippen LogP contribution in [0.5, 0.6) is 0 Å². The predicted octanol–water partition coefficient (Wildman–Crippen LogP) is 2.12. The van der Waals surface area contributed by atoms with Gasteiger partial charge in [-0.05, 0) is 38.0 Å². The Bertz CT molecular complexity index is 582. The van der Waals surface area contributed by atoms with E-state index in [0.29, 0.717) is 5.92 Å². The lowest BCUT2D eigenvalue weighted by atomic mass is 10.0. The highest BCUT2D eigenvalue weighted by Crippen LogP contribution is 2.39. The van der Waals surface area contributed by atoms with Gasteiger partial charge in [-0.1, -0.05) is 19.8 Å². The SMILES string of the molecule is C#CCC[C@H]1CC(C)[C@@H](CO)O1.C#CCOP(=O)([O-])OC[C@H]1O[C@@H](C)CC1C. The number of terminal acetylenes is 2. The lowest BCUT2D eigenvalue weighted by Gasteiger charge is -2.24. The van der Waals surface area contributed by atoms with Crippen LogP contribution in [-0.2, 0) is 23.1 Å². The third kappa shape index (κ3) is 9.07. The van der Waals surface area contributed by atoms with E-state index in [1.54, 1.807) is 0 Å². The summed E-state index contributed by atoms with van der Waals surface area (Å²) in [5.41, 5.74) is 0. The van der Waals surface area contributed by atoms with Crippen molar-refractivity contribution in [2.45, 2.75) is 70.9 Å². The summed E-state index contributed by atoms with van der Waals surface area (Å²) in [6.45, 7) is 5.86. The molecule has 0 aliphatic carbocycles. The third-order valence-electron chi connectivity index (χ3n) is 4.88. The van der Waals surface area contributed by atoms with Gasteiger partial charge >= 0.3 is 0 Å². The molecule has 0 spiro atoms. The van der Waals surface area contributed by atoms with Crippen molar-refractivity contribution in [1.29, 1.82) is 0 Å². The van der Waals surface area contributed by atoms with Crippen LogP contribution in [0.1, 0.15) is 46.5 Å². The normalized spacial score (nSPS) is 34.0. The van der Waals surface area contributed by atoms with E-state index >= 15 is 0 Å². The van der Waals surface area contributed by atoms with Crippen LogP contribution >= 0.6 is 7.82 Å². The van der Waals surface area contributed by atoms with Gasteiger partial charge in [0.25, 0.3) is 7.82 Å². The van der Waals surface area contributed by atoms with Crippen molar-refractivity contribution in [1.82, 2.24) is 0 Å². The molecule has 0 aromatic rings. The van der Waals surface area contributed by atoms with Gasteiger partial charge in [0.1, 0.15) is 6.61 Å². The molecule has 160 valence electrons. The van der Waals surface area contributed by atoms with E-state index in [-0.39, 0.29) is 50.2 Å². The van der Waals surface area contributed by atoms with E-state index in [0.717, 1.165) is 25.7 Å². The molecule has 0 radical (unpaired) electrons. The summed E-state index contributed by atoms with van der Waals surface area (Å²) in [4.78, 5) is 11.2. The first-order valence-corrected chi connectivity index (χ1v) is 11.1. The number of phosphoric ester groups is 1. The van der Waals surface area contributed by atoms with Gasteiger partial charge in [-0.3, -0.25) is 4.57 Å². The van der Waals surface area contributed by atoms with Crippen molar-refractivity contribution in [2.24, 2.45) is 11.8 Å². The van der Waals surface area contributed by atoms with Gasteiger partial charge in [0.15, 0.2) is 0 Å². The predicted molar refractivity (Wildman–Crippen MR) is 104 cm³/mol. The van der Waals surface area contributed by atoms with Gasteiger partial charge < -0.3 is 28.5 Å². The first-order valence-electron chi connectivity index (χ1n) is 9.61. The summed E-state index contributed by atoms with van der Waals surface area (Å²) in [7, 11) is -4.28. The van der Waals surface area contributed by atoms with E-state index in [1.807, 2.05) is 13.8 Å². The van der Waals surface area contributed by atoms with Gasteiger partial charge in [-0.2, -0.15) is 0 Å². The Hall–Kier alpha value is -0.890. The van der Waals surface area contributed by atoms with Crippen LogP contribution in [0, 0.1) is 36.5 Å². The molecule has 2 rings (SSSR count). The van der Waals surface area contributed by atoms with Crippen LogP contribution in [0.25, 0.3) is 0 Å². The van der Waals surface area contributed by atoms with Crippen LogP contribution in [0.4, 0.5) is 0 Å². The summed E-state index contributed by atoms with van der Waals surface area (Å²) in [6, 6.07) is 0. The molecule has 0 aromatic heterocycles. The maximum atomic E-state index is 11.2. The van der Waals surface area contributed by atoms with Crippen molar-refractivity contribution in [3.63, 3.8) is 0 Å². The number of ether oxygens (including phenoxy) is 2. The van der Waals surface area contributed by atoms with Crippen molar-refractivity contribution in [3.05, 3.63) is 0 Å². The molecule has 2 aliphatic rings. The van der Waals surface area contributed by atoms with Crippen LogP contribution in [0.3, 0.4) is 0 Å². The minimum absolute atomic E-state index is 0.0170. The molecule has 0 amide bonds. The smallest absolute Gasteiger partial charge is 0.268 e. The van der Waals surface area contributed by atoms with Gasteiger partial charge in [0.05, 0.1) is 37.6 Å².